The minimum absolute atomic E-state index is 0.0388. The van der Waals surface area contributed by atoms with Crippen molar-refractivity contribution in [1.82, 2.24) is 15.0 Å². The Kier molecular flexibility index (Phi) is 4.03. The van der Waals surface area contributed by atoms with Gasteiger partial charge in [-0.2, -0.15) is 0 Å². The summed E-state index contributed by atoms with van der Waals surface area (Å²) in [5.74, 6) is 7.22. The molecule has 5 rings (SSSR count). The Morgan fingerprint density at radius 1 is 1.19 bits per heavy atom. The van der Waals surface area contributed by atoms with Gasteiger partial charge in [0.25, 0.3) is 0 Å². The zero-order valence-corrected chi connectivity index (χ0v) is 15.4. The summed E-state index contributed by atoms with van der Waals surface area (Å²) in [4.78, 5) is 0. The largest absolute Gasteiger partial charge is 0.367 e. The molecule has 4 heteroatoms. The van der Waals surface area contributed by atoms with Gasteiger partial charge in [0.05, 0.1) is 19.3 Å². The highest BCUT2D eigenvalue weighted by Gasteiger charge is 2.23. The van der Waals surface area contributed by atoms with Gasteiger partial charge in [-0.1, -0.05) is 47.4 Å². The lowest BCUT2D eigenvalue weighted by atomic mass is 10.0. The number of ether oxygens (including phenoxy) is 1. The number of aryl methyl sites for hydroxylation is 1. The van der Waals surface area contributed by atoms with Crippen molar-refractivity contribution in [1.29, 1.82) is 0 Å². The summed E-state index contributed by atoms with van der Waals surface area (Å²) in [6.45, 7) is 3.45. The summed E-state index contributed by atoms with van der Waals surface area (Å²) in [5.41, 5.74) is 6.76. The minimum atomic E-state index is 0.0388. The fourth-order valence-electron chi connectivity index (χ4n) is 3.53. The van der Waals surface area contributed by atoms with Crippen molar-refractivity contribution < 1.29 is 4.74 Å². The van der Waals surface area contributed by atoms with Crippen LogP contribution in [-0.4, -0.2) is 15.0 Å². The number of hydrogen-bond donors (Lipinski definition) is 0. The Labute approximate surface area is 159 Å². The van der Waals surface area contributed by atoms with Crippen LogP contribution in [0, 0.1) is 24.7 Å². The van der Waals surface area contributed by atoms with Crippen molar-refractivity contribution in [3.05, 3.63) is 70.9 Å². The second kappa shape index (κ2) is 6.68. The molecule has 0 amide bonds. The fraction of sp³-hybridized carbons (Fsp3) is 0.304. The number of fused-ring (bicyclic) bond motifs is 1. The van der Waals surface area contributed by atoms with Crippen LogP contribution < -0.4 is 0 Å². The Bertz CT molecular complexity index is 1050. The second-order valence-electron chi connectivity index (χ2n) is 7.40. The van der Waals surface area contributed by atoms with Crippen LogP contribution in [0.25, 0.3) is 11.3 Å². The molecule has 1 saturated carbocycles. The van der Waals surface area contributed by atoms with Gasteiger partial charge in [0.15, 0.2) is 0 Å². The minimum Gasteiger partial charge on any atom is -0.367 e. The molecule has 0 N–H and O–H groups in total. The first-order chi connectivity index (χ1) is 13.3. The van der Waals surface area contributed by atoms with E-state index in [1.54, 1.807) is 0 Å². The molecule has 1 aliphatic carbocycles. The molecule has 2 aromatic carbocycles. The normalized spacial score (nSPS) is 18.0. The third-order valence-electron chi connectivity index (χ3n) is 5.23. The van der Waals surface area contributed by atoms with Crippen molar-refractivity contribution in [2.24, 2.45) is 5.92 Å². The van der Waals surface area contributed by atoms with Gasteiger partial charge in [-0.25, -0.2) is 4.68 Å². The highest BCUT2D eigenvalue weighted by Crippen LogP contribution is 2.32. The van der Waals surface area contributed by atoms with E-state index < -0.39 is 0 Å². The molecule has 2 heterocycles. The summed E-state index contributed by atoms with van der Waals surface area (Å²) in [6, 6.07) is 14.7. The number of aromatic nitrogens is 3. The number of benzene rings is 2. The molecular weight excluding hydrogens is 334 g/mol. The van der Waals surface area contributed by atoms with Gasteiger partial charge in [-0.05, 0) is 48.6 Å². The van der Waals surface area contributed by atoms with E-state index in [2.05, 4.69) is 71.5 Å². The van der Waals surface area contributed by atoms with Crippen LogP contribution in [0.5, 0.6) is 0 Å². The van der Waals surface area contributed by atoms with Crippen molar-refractivity contribution in [3.63, 3.8) is 0 Å². The third kappa shape index (κ3) is 3.39. The molecule has 134 valence electrons. The van der Waals surface area contributed by atoms with Crippen molar-refractivity contribution >= 4 is 0 Å². The summed E-state index contributed by atoms with van der Waals surface area (Å²) >= 11 is 0. The van der Waals surface area contributed by atoms with Gasteiger partial charge in [0, 0.05) is 17.0 Å². The van der Waals surface area contributed by atoms with Crippen LogP contribution in [-0.2, 0) is 17.9 Å². The monoisotopic (exact) mass is 355 g/mol. The van der Waals surface area contributed by atoms with Gasteiger partial charge in [-0.3, -0.25) is 0 Å². The van der Waals surface area contributed by atoms with E-state index >= 15 is 0 Å². The van der Waals surface area contributed by atoms with E-state index in [1.807, 2.05) is 10.9 Å². The van der Waals surface area contributed by atoms with Gasteiger partial charge >= 0.3 is 0 Å². The first-order valence-corrected chi connectivity index (χ1v) is 9.48. The van der Waals surface area contributed by atoms with Crippen LogP contribution in [0.3, 0.4) is 0 Å². The van der Waals surface area contributed by atoms with Gasteiger partial charge in [0.1, 0.15) is 11.8 Å². The van der Waals surface area contributed by atoms with Crippen molar-refractivity contribution in [3.8, 4) is 23.1 Å². The van der Waals surface area contributed by atoms with Gasteiger partial charge < -0.3 is 4.74 Å². The van der Waals surface area contributed by atoms with E-state index in [0.717, 1.165) is 16.8 Å². The lowest BCUT2D eigenvalue weighted by Gasteiger charge is -2.10. The van der Waals surface area contributed by atoms with Crippen molar-refractivity contribution in [2.45, 2.75) is 39.0 Å². The molecule has 0 unspecified atom stereocenters. The first-order valence-electron chi connectivity index (χ1n) is 9.48. The molecule has 0 saturated heterocycles. The Morgan fingerprint density at radius 2 is 2.07 bits per heavy atom. The topological polar surface area (TPSA) is 39.9 Å². The van der Waals surface area contributed by atoms with Gasteiger partial charge in [-0.15, -0.1) is 5.10 Å². The van der Waals surface area contributed by atoms with Crippen LogP contribution in [0.15, 0.2) is 48.7 Å². The molecule has 3 aromatic rings. The molecule has 2 aliphatic rings. The van der Waals surface area contributed by atoms with E-state index in [4.69, 9.17) is 4.74 Å². The smallest absolute Gasteiger partial charge is 0.113 e. The Hall–Kier alpha value is -2.90. The Morgan fingerprint density at radius 3 is 2.93 bits per heavy atom. The highest BCUT2D eigenvalue weighted by atomic mass is 16.5. The van der Waals surface area contributed by atoms with Crippen LogP contribution in [0.1, 0.15) is 41.2 Å². The van der Waals surface area contributed by atoms with Crippen LogP contribution in [0.4, 0.5) is 0 Å². The maximum absolute atomic E-state index is 5.93. The molecular formula is C23H21N3O. The maximum atomic E-state index is 5.93. The summed E-state index contributed by atoms with van der Waals surface area (Å²) in [6.07, 6.45) is 4.55. The second-order valence-corrected chi connectivity index (χ2v) is 7.40. The lowest BCUT2D eigenvalue weighted by molar-refractivity contribution is 0.0509. The number of rotatable bonds is 3. The molecule has 1 aromatic heterocycles. The molecule has 1 fully saturated rings. The molecule has 4 nitrogen and oxygen atoms in total. The molecule has 0 bridgehead atoms. The Balaban J connectivity index is 1.34. The highest BCUT2D eigenvalue weighted by molar-refractivity contribution is 5.64. The first kappa shape index (κ1) is 16.3. The number of hydrogen-bond acceptors (Lipinski definition) is 3. The quantitative estimate of drug-likeness (QED) is 0.658. The number of nitrogens with zero attached hydrogens (tertiary/aromatic N) is 3. The van der Waals surface area contributed by atoms with E-state index in [1.165, 1.54) is 29.5 Å². The molecule has 0 spiro atoms. The predicted molar refractivity (Wildman–Crippen MR) is 104 cm³/mol. The predicted octanol–water partition coefficient (Wildman–Crippen LogP) is 4.29. The summed E-state index contributed by atoms with van der Waals surface area (Å²) < 4.78 is 7.81. The molecule has 0 radical (unpaired) electrons. The molecule has 27 heavy (non-hydrogen) atoms. The van der Waals surface area contributed by atoms with E-state index in [-0.39, 0.29) is 6.10 Å². The SMILES string of the molecule is Cc1cc(C#CC2CC2)ccc1-c1cn(C[C@@H]2OCc3ccccc32)nn1. The summed E-state index contributed by atoms with van der Waals surface area (Å²) in [5, 5.41) is 8.70. The van der Waals surface area contributed by atoms with Gasteiger partial charge in [0.2, 0.25) is 0 Å². The fourth-order valence-corrected chi connectivity index (χ4v) is 3.53. The van der Waals surface area contributed by atoms with Crippen LogP contribution in [0.2, 0.25) is 0 Å². The maximum Gasteiger partial charge on any atom is 0.113 e. The van der Waals surface area contributed by atoms with Crippen molar-refractivity contribution in [2.75, 3.05) is 0 Å². The van der Waals surface area contributed by atoms with Crippen LogP contribution >= 0.6 is 0 Å². The van der Waals surface area contributed by atoms with E-state index in [9.17, 15) is 0 Å². The molecule has 1 atom stereocenters. The van der Waals surface area contributed by atoms with E-state index in [0.29, 0.717) is 19.1 Å². The zero-order chi connectivity index (χ0) is 18.2. The molecule has 1 aliphatic heterocycles. The summed E-state index contributed by atoms with van der Waals surface area (Å²) in [7, 11) is 0. The standard InChI is InChI=1S/C23H21N3O/c1-16-12-18(9-8-17-6-7-17)10-11-20(16)22-13-26(25-24-22)14-23-21-5-3-2-4-19(21)15-27-23/h2-5,10-13,17,23H,6-7,14-15H2,1H3/t23-/m0/s1. The lowest BCUT2D eigenvalue weighted by Crippen LogP contribution is -2.08. The average Bonchev–Trinajstić information content (AvgIpc) is 3.26. The zero-order valence-electron chi connectivity index (χ0n) is 15.4. The third-order valence-corrected chi connectivity index (χ3v) is 5.23. The average molecular weight is 355 g/mol.